The van der Waals surface area contributed by atoms with Crippen molar-refractivity contribution in [3.05, 3.63) is 76.9 Å². The normalized spacial score (nSPS) is 14.3. The van der Waals surface area contributed by atoms with E-state index < -0.39 is 6.10 Å². The summed E-state index contributed by atoms with van der Waals surface area (Å²) in [5, 5.41) is 10.3. The van der Waals surface area contributed by atoms with Crippen LogP contribution in [0.25, 0.3) is 5.57 Å². The Morgan fingerprint density at radius 2 is 1.48 bits per heavy atom. The molecule has 0 saturated carbocycles. The molecule has 23 heavy (non-hydrogen) atoms. The van der Waals surface area contributed by atoms with Crippen LogP contribution in [0.2, 0.25) is 0 Å². The number of aliphatic hydroxyl groups is 1. The predicted molar refractivity (Wildman–Crippen MR) is 92.1 cm³/mol. The number of benzene rings is 2. The Labute approximate surface area is 136 Å². The van der Waals surface area contributed by atoms with E-state index in [1.807, 2.05) is 24.3 Å². The topological polar surface area (TPSA) is 40.5 Å². The number of fused-ring (bicyclic) bond motifs is 2. The van der Waals surface area contributed by atoms with Crippen LogP contribution in [0.15, 0.2) is 54.6 Å². The quantitative estimate of drug-likeness (QED) is 0.926. The van der Waals surface area contributed by atoms with Crippen molar-refractivity contribution in [1.82, 2.24) is 4.90 Å². The average Bonchev–Trinajstić information content (AvgIpc) is 2.72. The minimum atomic E-state index is -1.14. The molecule has 1 N–H and O–H groups in total. The van der Waals surface area contributed by atoms with E-state index in [9.17, 15) is 9.90 Å². The second-order valence-corrected chi connectivity index (χ2v) is 6.07. The predicted octanol–water partition coefficient (Wildman–Crippen LogP) is 2.67. The van der Waals surface area contributed by atoms with Crippen molar-refractivity contribution in [3.8, 4) is 0 Å². The number of carbonyl (C=O) groups excluding carboxylic acids is 1. The van der Waals surface area contributed by atoms with Gasteiger partial charge in [0.2, 0.25) is 0 Å². The first-order chi connectivity index (χ1) is 11.1. The van der Waals surface area contributed by atoms with Gasteiger partial charge in [0.15, 0.2) is 6.10 Å². The first kappa shape index (κ1) is 15.5. The highest BCUT2D eigenvalue weighted by atomic mass is 16.3. The standard InChI is InChI=1S/C20H21NO2/c1-21(2)20(23)19(22)13-18-16-9-5-3-7-14(16)11-12-15-8-4-6-10-17(15)18/h3-10,13,19,22H,11-12H2,1-2H3. The van der Waals surface area contributed by atoms with Gasteiger partial charge in [0.05, 0.1) is 0 Å². The summed E-state index contributed by atoms with van der Waals surface area (Å²) in [5.41, 5.74) is 5.64. The summed E-state index contributed by atoms with van der Waals surface area (Å²) >= 11 is 0. The summed E-state index contributed by atoms with van der Waals surface area (Å²) < 4.78 is 0. The van der Waals surface area contributed by atoms with Crippen LogP contribution in [0.1, 0.15) is 22.3 Å². The first-order valence-electron chi connectivity index (χ1n) is 7.85. The number of likely N-dealkylation sites (N-methyl/N-ethyl adjacent to an activating group) is 1. The van der Waals surface area contributed by atoms with Gasteiger partial charge in [-0.15, -0.1) is 0 Å². The third-order valence-electron chi connectivity index (χ3n) is 4.30. The number of carbonyl (C=O) groups is 1. The molecule has 3 nitrogen and oxygen atoms in total. The Balaban J connectivity index is 2.16. The minimum Gasteiger partial charge on any atom is -0.379 e. The molecule has 1 atom stereocenters. The van der Waals surface area contributed by atoms with Crippen molar-refractivity contribution in [2.45, 2.75) is 18.9 Å². The monoisotopic (exact) mass is 307 g/mol. The molecule has 0 fully saturated rings. The molecule has 2 aromatic carbocycles. The summed E-state index contributed by atoms with van der Waals surface area (Å²) in [6.07, 6.45) is 2.47. The fourth-order valence-electron chi connectivity index (χ4n) is 3.09. The lowest BCUT2D eigenvalue weighted by molar-refractivity contribution is -0.135. The molecule has 1 aliphatic rings. The molecule has 0 radical (unpaired) electrons. The number of nitrogens with zero attached hydrogens (tertiary/aromatic N) is 1. The fourth-order valence-corrected chi connectivity index (χ4v) is 3.09. The fraction of sp³-hybridized carbons (Fsp3) is 0.250. The van der Waals surface area contributed by atoms with E-state index in [0.717, 1.165) is 29.5 Å². The van der Waals surface area contributed by atoms with Crippen LogP contribution in [0.4, 0.5) is 0 Å². The zero-order valence-electron chi connectivity index (χ0n) is 13.5. The molecule has 1 amide bonds. The number of amides is 1. The molecule has 0 heterocycles. The minimum absolute atomic E-state index is 0.309. The van der Waals surface area contributed by atoms with Gasteiger partial charge < -0.3 is 10.0 Å². The van der Waals surface area contributed by atoms with Gasteiger partial charge in [0.25, 0.3) is 5.91 Å². The molecular formula is C20H21NO2. The van der Waals surface area contributed by atoms with Crippen molar-refractivity contribution in [2.75, 3.05) is 14.1 Å². The molecule has 0 saturated heterocycles. The third-order valence-corrected chi connectivity index (χ3v) is 4.30. The highest BCUT2D eigenvalue weighted by molar-refractivity contribution is 5.89. The van der Waals surface area contributed by atoms with E-state index in [4.69, 9.17) is 0 Å². The summed E-state index contributed by atoms with van der Waals surface area (Å²) in [4.78, 5) is 13.5. The van der Waals surface area contributed by atoms with Gasteiger partial charge in [0, 0.05) is 14.1 Å². The molecule has 2 aromatic rings. The molecule has 118 valence electrons. The number of aliphatic hydroxyl groups excluding tert-OH is 1. The van der Waals surface area contributed by atoms with Crippen LogP contribution in [0.5, 0.6) is 0 Å². The van der Waals surface area contributed by atoms with Crippen LogP contribution in [0, 0.1) is 0 Å². The zero-order valence-corrected chi connectivity index (χ0v) is 13.5. The Kier molecular flexibility index (Phi) is 4.30. The van der Waals surface area contributed by atoms with Gasteiger partial charge in [-0.1, -0.05) is 48.5 Å². The van der Waals surface area contributed by atoms with Crippen molar-refractivity contribution >= 4 is 11.5 Å². The largest absolute Gasteiger partial charge is 0.379 e. The van der Waals surface area contributed by atoms with E-state index >= 15 is 0 Å². The zero-order chi connectivity index (χ0) is 16.4. The van der Waals surface area contributed by atoms with Gasteiger partial charge >= 0.3 is 0 Å². The second-order valence-electron chi connectivity index (χ2n) is 6.07. The third kappa shape index (κ3) is 3.06. The number of hydrogen-bond acceptors (Lipinski definition) is 2. The highest BCUT2D eigenvalue weighted by Crippen LogP contribution is 2.33. The van der Waals surface area contributed by atoms with Crippen LogP contribution in [-0.4, -0.2) is 36.1 Å². The molecule has 0 aliphatic heterocycles. The van der Waals surface area contributed by atoms with E-state index in [1.54, 1.807) is 20.2 Å². The summed E-state index contributed by atoms with van der Waals surface area (Å²) in [7, 11) is 3.30. The van der Waals surface area contributed by atoms with E-state index in [-0.39, 0.29) is 5.91 Å². The number of rotatable bonds is 2. The van der Waals surface area contributed by atoms with E-state index in [1.165, 1.54) is 16.0 Å². The first-order valence-corrected chi connectivity index (χ1v) is 7.85. The van der Waals surface area contributed by atoms with Crippen LogP contribution in [-0.2, 0) is 17.6 Å². The van der Waals surface area contributed by atoms with Crippen molar-refractivity contribution in [1.29, 1.82) is 0 Å². The molecule has 1 aliphatic carbocycles. The molecule has 3 rings (SSSR count). The van der Waals surface area contributed by atoms with Crippen molar-refractivity contribution in [3.63, 3.8) is 0 Å². The molecule has 1 unspecified atom stereocenters. The van der Waals surface area contributed by atoms with Crippen molar-refractivity contribution in [2.24, 2.45) is 0 Å². The Hall–Kier alpha value is -2.39. The lowest BCUT2D eigenvalue weighted by Gasteiger charge is -2.17. The van der Waals surface area contributed by atoms with Gasteiger partial charge in [-0.3, -0.25) is 4.79 Å². The Bertz CT molecular complexity index is 712. The second kappa shape index (κ2) is 6.39. The summed E-state index contributed by atoms with van der Waals surface area (Å²) in [6.45, 7) is 0. The van der Waals surface area contributed by atoms with E-state index in [0.29, 0.717) is 0 Å². The molecule has 0 aromatic heterocycles. The summed E-state index contributed by atoms with van der Waals surface area (Å²) in [6, 6.07) is 16.4. The lowest BCUT2D eigenvalue weighted by Crippen LogP contribution is -2.32. The lowest BCUT2D eigenvalue weighted by atomic mass is 9.92. The van der Waals surface area contributed by atoms with Gasteiger partial charge in [-0.2, -0.15) is 0 Å². The molecule has 0 spiro atoms. The van der Waals surface area contributed by atoms with Gasteiger partial charge in [-0.05, 0) is 46.7 Å². The highest BCUT2D eigenvalue weighted by Gasteiger charge is 2.21. The maximum Gasteiger partial charge on any atom is 0.254 e. The van der Waals surface area contributed by atoms with Gasteiger partial charge in [-0.25, -0.2) is 0 Å². The maximum atomic E-state index is 12.1. The SMILES string of the molecule is CN(C)C(=O)C(O)C=C1c2ccccc2CCc2ccccc21. The number of hydrogen-bond donors (Lipinski definition) is 1. The number of aryl methyl sites for hydroxylation is 2. The van der Waals surface area contributed by atoms with Crippen LogP contribution >= 0.6 is 0 Å². The molecular weight excluding hydrogens is 286 g/mol. The van der Waals surface area contributed by atoms with Crippen molar-refractivity contribution < 1.29 is 9.90 Å². The summed E-state index contributed by atoms with van der Waals surface area (Å²) in [5.74, 6) is -0.309. The van der Waals surface area contributed by atoms with Crippen LogP contribution < -0.4 is 0 Å². The smallest absolute Gasteiger partial charge is 0.254 e. The van der Waals surface area contributed by atoms with Gasteiger partial charge in [0.1, 0.15) is 0 Å². The Morgan fingerprint density at radius 1 is 1.00 bits per heavy atom. The van der Waals surface area contributed by atoms with Crippen LogP contribution in [0.3, 0.4) is 0 Å². The maximum absolute atomic E-state index is 12.1. The van der Waals surface area contributed by atoms with E-state index in [2.05, 4.69) is 24.3 Å². The Morgan fingerprint density at radius 3 is 1.96 bits per heavy atom. The molecule has 3 heteroatoms. The molecule has 0 bridgehead atoms. The average molecular weight is 307 g/mol.